The highest BCUT2D eigenvalue weighted by molar-refractivity contribution is 5.91. The van der Waals surface area contributed by atoms with Crippen LogP contribution in [0, 0.1) is 6.42 Å². The van der Waals surface area contributed by atoms with Crippen LogP contribution >= 0.6 is 0 Å². The topological polar surface area (TPSA) is 82.3 Å². The van der Waals surface area contributed by atoms with E-state index in [4.69, 9.17) is 0 Å². The van der Waals surface area contributed by atoms with Crippen molar-refractivity contribution < 1.29 is 18.6 Å². The van der Waals surface area contributed by atoms with E-state index in [1.54, 1.807) is 0 Å². The number of allylic oxidation sites excluding steroid dienone is 1. The summed E-state index contributed by atoms with van der Waals surface area (Å²) >= 11 is 0. The molecule has 1 aliphatic carbocycles. The Labute approximate surface area is 218 Å². The van der Waals surface area contributed by atoms with Crippen LogP contribution in [0.3, 0.4) is 0 Å². The summed E-state index contributed by atoms with van der Waals surface area (Å²) in [6, 6.07) is 7.52. The van der Waals surface area contributed by atoms with Crippen LogP contribution in [0.5, 0.6) is 0 Å². The molecular weight excluding hydrogens is 452 g/mol. The van der Waals surface area contributed by atoms with E-state index in [-0.39, 0.29) is 17.9 Å². The molecule has 0 radical (unpaired) electrons. The average molecular weight is 500 g/mol. The average Bonchev–Trinajstić information content (AvgIpc) is 2.91. The van der Waals surface area contributed by atoms with Gasteiger partial charge in [0.1, 0.15) is 0 Å². The van der Waals surface area contributed by atoms with E-state index in [9.17, 15) is 9.59 Å². The van der Waals surface area contributed by atoms with Crippen molar-refractivity contribution in [1.82, 2.24) is 10.7 Å². The second kappa shape index (κ2) is 13.9. The molecule has 0 aromatic heterocycles. The molecule has 8 nitrogen and oxygen atoms in total. The van der Waals surface area contributed by atoms with Crippen LogP contribution in [-0.2, 0) is 9.59 Å². The first-order chi connectivity index (χ1) is 17.3. The fraction of sp³-hybridized carbons (Fsp3) is 0.536. The molecule has 0 heterocycles. The molecule has 200 valence electrons. The molecule has 0 saturated carbocycles. The Kier molecular flexibility index (Phi) is 11.3. The molecule has 1 aromatic carbocycles. The lowest BCUT2D eigenvalue weighted by atomic mass is 10.1. The number of anilines is 2. The first-order valence-electron chi connectivity index (χ1n) is 13.4. The Bertz CT molecular complexity index is 885. The number of benzene rings is 1. The van der Waals surface area contributed by atoms with Gasteiger partial charge in [-0.05, 0) is 71.8 Å². The number of hydrogen-bond acceptors (Lipinski definition) is 4. The highest BCUT2D eigenvalue weighted by Gasteiger charge is 2.26. The largest absolute Gasteiger partial charge is 0.379 e. The molecule has 0 saturated heterocycles. The first-order valence-corrected chi connectivity index (χ1v) is 13.4. The Balaban J connectivity index is 1.79. The maximum absolute atomic E-state index is 12.5. The van der Waals surface area contributed by atoms with E-state index >= 15 is 0 Å². The van der Waals surface area contributed by atoms with E-state index in [0.29, 0.717) is 13.1 Å². The summed E-state index contributed by atoms with van der Waals surface area (Å²) < 4.78 is 1.59. The van der Waals surface area contributed by atoms with Crippen molar-refractivity contribution in [3.05, 3.63) is 54.6 Å². The number of hydrogen-bond donors (Lipinski definition) is 4. The molecule has 1 aliphatic rings. The summed E-state index contributed by atoms with van der Waals surface area (Å²) in [7, 11) is 0. The predicted octanol–water partition coefficient (Wildman–Crippen LogP) is 3.44. The van der Waals surface area contributed by atoms with Crippen LogP contribution in [0.25, 0.3) is 0 Å². The number of carbonyl (C=O) groups is 2. The molecule has 4 N–H and O–H groups in total. The fourth-order valence-electron chi connectivity index (χ4n) is 4.55. The van der Waals surface area contributed by atoms with Crippen molar-refractivity contribution in [1.29, 1.82) is 0 Å². The monoisotopic (exact) mass is 499 g/mol. The van der Waals surface area contributed by atoms with Gasteiger partial charge in [-0.25, -0.2) is 12.5 Å². The Morgan fingerprint density at radius 3 is 1.72 bits per heavy atom. The van der Waals surface area contributed by atoms with Crippen molar-refractivity contribution in [2.75, 3.05) is 63.1 Å². The van der Waals surface area contributed by atoms with Gasteiger partial charge in [-0.1, -0.05) is 11.8 Å². The van der Waals surface area contributed by atoms with Gasteiger partial charge >= 0.3 is 0 Å². The molecular formula is C28H47N6O2+. The van der Waals surface area contributed by atoms with Crippen LogP contribution in [-0.4, -0.2) is 79.2 Å². The molecule has 0 spiro atoms. The van der Waals surface area contributed by atoms with E-state index in [0.717, 1.165) is 65.3 Å². The lowest BCUT2D eigenvalue weighted by Crippen LogP contribution is -2.54. The minimum Gasteiger partial charge on any atom is -0.379 e. The Morgan fingerprint density at radius 2 is 1.25 bits per heavy atom. The van der Waals surface area contributed by atoms with Crippen LogP contribution in [0.15, 0.2) is 48.2 Å². The predicted molar refractivity (Wildman–Crippen MR) is 149 cm³/mol. The minimum absolute atomic E-state index is 0.0396. The number of carbonyl (C=O) groups excluding carboxylic acids is 2. The minimum atomic E-state index is -0.108. The zero-order valence-electron chi connectivity index (χ0n) is 23.1. The highest BCUT2D eigenvalue weighted by Crippen LogP contribution is 2.15. The maximum atomic E-state index is 12.5. The molecule has 1 aromatic rings. The molecule has 2 amide bonds. The number of quaternary nitrogens is 2. The summed E-state index contributed by atoms with van der Waals surface area (Å²) in [6.45, 7) is 19.5. The molecule has 0 bridgehead atoms. The molecule has 1 unspecified atom stereocenters. The Morgan fingerprint density at radius 1 is 0.750 bits per heavy atom. The fourth-order valence-corrected chi connectivity index (χ4v) is 4.55. The number of rotatable bonds is 15. The zero-order valence-corrected chi connectivity index (χ0v) is 23.1. The molecule has 36 heavy (non-hydrogen) atoms. The Hall–Kier alpha value is -2.97. The van der Waals surface area contributed by atoms with Crippen molar-refractivity contribution in [3.63, 3.8) is 0 Å². The normalized spacial score (nSPS) is 15.5. The van der Waals surface area contributed by atoms with Gasteiger partial charge in [0.25, 0.3) is 11.8 Å². The van der Waals surface area contributed by atoms with Crippen LogP contribution < -0.4 is 21.5 Å². The van der Waals surface area contributed by atoms with Gasteiger partial charge < -0.3 is 30.5 Å². The van der Waals surface area contributed by atoms with Crippen LogP contribution in [0.4, 0.5) is 11.4 Å². The standard InChI is InChI=1S/C28H46N6O2/c1-7-33(8-2,9-3)21-27(35)29-23-13-17-25(18-14-23)31-32-26-19-15-24(16-20-26)30-28(36)22-34(10-4,11-5)12-6/h13-20,23,31-32H,7-12,21-22H2,1-6H3,(H-,29,30,35,36)/p+1. The van der Waals surface area contributed by atoms with Crippen molar-refractivity contribution in [2.24, 2.45) is 0 Å². The van der Waals surface area contributed by atoms with Crippen LogP contribution in [0.2, 0.25) is 0 Å². The van der Waals surface area contributed by atoms with E-state index in [1.807, 2.05) is 48.9 Å². The highest BCUT2D eigenvalue weighted by atomic mass is 16.2. The summed E-state index contributed by atoms with van der Waals surface area (Å²) in [6.07, 6.45) is 7.85. The second-order valence-electron chi connectivity index (χ2n) is 9.54. The molecule has 8 heteroatoms. The van der Waals surface area contributed by atoms with Crippen molar-refractivity contribution >= 4 is 23.2 Å². The van der Waals surface area contributed by atoms with E-state index in [1.165, 1.54) is 0 Å². The number of likely N-dealkylation sites (N-methyl/N-ethyl adjacent to an activating group) is 2. The second-order valence-corrected chi connectivity index (χ2v) is 9.54. The first kappa shape index (κ1) is 29.3. The van der Waals surface area contributed by atoms with Crippen LogP contribution in [0.1, 0.15) is 41.5 Å². The number of amides is 2. The van der Waals surface area contributed by atoms with E-state index in [2.05, 4.69) is 63.0 Å². The van der Waals surface area contributed by atoms with Gasteiger partial charge in [0.15, 0.2) is 13.1 Å². The lowest BCUT2D eigenvalue weighted by molar-refractivity contribution is -0.915. The van der Waals surface area contributed by atoms with Crippen molar-refractivity contribution in [3.8, 4) is 0 Å². The van der Waals surface area contributed by atoms with Crippen molar-refractivity contribution in [2.45, 2.75) is 47.6 Å². The summed E-state index contributed by atoms with van der Waals surface area (Å²) in [5.41, 5.74) is 8.91. The van der Waals surface area contributed by atoms with Gasteiger partial charge in [0.05, 0.1) is 45.0 Å². The number of nitrogens with one attached hydrogen (secondary N) is 4. The molecule has 2 rings (SSSR count). The number of nitrogens with zero attached hydrogens (tertiary/aromatic N) is 2. The number of hydrazine groups is 1. The third kappa shape index (κ3) is 8.31. The molecule has 0 aliphatic heterocycles. The van der Waals surface area contributed by atoms with Gasteiger partial charge in [-0.15, -0.1) is 6.08 Å². The quantitative estimate of drug-likeness (QED) is 0.169. The zero-order chi connectivity index (χ0) is 26.6. The van der Waals surface area contributed by atoms with E-state index < -0.39 is 0 Å². The summed E-state index contributed by atoms with van der Waals surface area (Å²) in [5, 5.41) is 6.11. The molecule has 0 fully saturated rings. The third-order valence-corrected chi connectivity index (χ3v) is 7.80. The smallest absolute Gasteiger partial charge is 0.279 e. The lowest BCUT2D eigenvalue weighted by Gasteiger charge is -2.36. The summed E-state index contributed by atoms with van der Waals surface area (Å²) in [4.78, 5) is 25.1. The molecule has 1 atom stereocenters. The SMILES string of the molecule is CC[N+](CC)(CC)CC(=O)Nc1ccc(NNC2=C[CH-]C(NC(=O)C[N+](CC)(CC)CC)C=C2)cc1. The van der Waals surface area contributed by atoms with Gasteiger partial charge in [-0.3, -0.25) is 9.59 Å². The summed E-state index contributed by atoms with van der Waals surface area (Å²) in [5.74, 6) is 0.114. The maximum Gasteiger partial charge on any atom is 0.279 e. The van der Waals surface area contributed by atoms with Gasteiger partial charge in [0.2, 0.25) is 0 Å². The van der Waals surface area contributed by atoms with Gasteiger partial charge in [-0.2, -0.15) is 0 Å². The third-order valence-electron chi connectivity index (χ3n) is 7.80. The van der Waals surface area contributed by atoms with Gasteiger partial charge in [0, 0.05) is 5.69 Å².